The topological polar surface area (TPSA) is 90.5 Å². The van der Waals surface area contributed by atoms with Crippen molar-refractivity contribution in [2.75, 3.05) is 35.7 Å². The lowest BCUT2D eigenvalue weighted by molar-refractivity contribution is -0.134. The molecule has 170 valence electrons. The Balaban J connectivity index is 1.40. The number of aryl methyl sites for hydroxylation is 1. The third-order valence-electron chi connectivity index (χ3n) is 5.82. The van der Waals surface area contributed by atoms with E-state index in [1.807, 2.05) is 32.7 Å². The lowest BCUT2D eigenvalue weighted by Crippen LogP contribution is -2.57. The zero-order valence-electron chi connectivity index (χ0n) is 18.4. The van der Waals surface area contributed by atoms with E-state index in [4.69, 9.17) is 0 Å². The van der Waals surface area contributed by atoms with Crippen molar-refractivity contribution in [3.63, 3.8) is 0 Å². The minimum Gasteiger partial charge on any atom is -0.348 e. The molecule has 1 fully saturated rings. The van der Waals surface area contributed by atoms with Crippen LogP contribution in [0.3, 0.4) is 0 Å². The van der Waals surface area contributed by atoms with Crippen LogP contribution < -0.4 is 15.5 Å². The number of rotatable bonds is 5. The van der Waals surface area contributed by atoms with E-state index in [-0.39, 0.29) is 36.2 Å². The highest BCUT2D eigenvalue weighted by Gasteiger charge is 2.36. The maximum absolute atomic E-state index is 13.3. The molecule has 1 aromatic heterocycles. The number of hydrogen-bond donors (Lipinski definition) is 2. The first-order valence-corrected chi connectivity index (χ1v) is 10.5. The fourth-order valence-corrected chi connectivity index (χ4v) is 4.23. The highest BCUT2D eigenvalue weighted by Crippen LogP contribution is 2.34. The lowest BCUT2D eigenvalue weighted by Gasteiger charge is -2.40. The molecule has 0 radical (unpaired) electrons. The van der Waals surface area contributed by atoms with Crippen LogP contribution in [0.1, 0.15) is 25.1 Å². The van der Waals surface area contributed by atoms with Crippen LogP contribution in [0.5, 0.6) is 0 Å². The number of nitrogens with zero attached hydrogens (tertiary/aromatic N) is 4. The van der Waals surface area contributed by atoms with Gasteiger partial charge in [0, 0.05) is 26.2 Å². The minimum atomic E-state index is -0.697. The van der Waals surface area contributed by atoms with Crippen molar-refractivity contribution < 1.29 is 18.4 Å². The van der Waals surface area contributed by atoms with Gasteiger partial charge in [0.15, 0.2) is 5.82 Å². The van der Waals surface area contributed by atoms with Crippen LogP contribution in [0, 0.1) is 24.5 Å². The molecule has 2 aliphatic heterocycles. The van der Waals surface area contributed by atoms with Crippen molar-refractivity contribution >= 4 is 29.3 Å². The minimum absolute atomic E-state index is 0.0370. The molecule has 3 heterocycles. The van der Waals surface area contributed by atoms with E-state index >= 15 is 0 Å². The van der Waals surface area contributed by atoms with Gasteiger partial charge in [-0.3, -0.25) is 9.59 Å². The van der Waals surface area contributed by atoms with Crippen molar-refractivity contribution in [1.82, 2.24) is 14.9 Å². The fraction of sp³-hybridized carbons (Fsp3) is 0.455. The van der Waals surface area contributed by atoms with Crippen LogP contribution in [-0.2, 0) is 16.0 Å². The summed E-state index contributed by atoms with van der Waals surface area (Å²) in [6, 6.07) is 2.75. The van der Waals surface area contributed by atoms with Gasteiger partial charge in [-0.1, -0.05) is 13.8 Å². The van der Waals surface area contributed by atoms with E-state index in [2.05, 4.69) is 20.6 Å². The summed E-state index contributed by atoms with van der Waals surface area (Å²) in [6.45, 7) is 6.66. The van der Waals surface area contributed by atoms with E-state index < -0.39 is 11.6 Å². The van der Waals surface area contributed by atoms with Crippen LogP contribution in [0.15, 0.2) is 18.2 Å². The molecule has 0 aliphatic carbocycles. The summed E-state index contributed by atoms with van der Waals surface area (Å²) < 4.78 is 26.7. The van der Waals surface area contributed by atoms with Crippen LogP contribution in [0.2, 0.25) is 0 Å². The summed E-state index contributed by atoms with van der Waals surface area (Å²) in [4.78, 5) is 37.4. The van der Waals surface area contributed by atoms with E-state index in [1.165, 1.54) is 12.1 Å². The molecular weight excluding hydrogens is 418 g/mol. The number of halogens is 2. The fourth-order valence-electron chi connectivity index (χ4n) is 4.23. The first-order valence-electron chi connectivity index (χ1n) is 10.5. The Bertz CT molecular complexity index is 1050. The Labute approximate surface area is 185 Å². The molecule has 8 nitrogen and oxygen atoms in total. The molecule has 1 saturated heterocycles. The second-order valence-corrected chi connectivity index (χ2v) is 8.71. The maximum Gasteiger partial charge on any atom is 0.247 e. The van der Waals surface area contributed by atoms with Crippen molar-refractivity contribution in [2.24, 2.45) is 5.92 Å². The number of benzene rings is 1. The molecule has 32 heavy (non-hydrogen) atoms. The van der Waals surface area contributed by atoms with Crippen molar-refractivity contribution in [3.8, 4) is 0 Å². The second-order valence-electron chi connectivity index (χ2n) is 8.71. The zero-order chi connectivity index (χ0) is 23.2. The predicted octanol–water partition coefficient (Wildman–Crippen LogP) is 2.34. The van der Waals surface area contributed by atoms with Gasteiger partial charge in [0.2, 0.25) is 17.8 Å². The average molecular weight is 444 g/mol. The van der Waals surface area contributed by atoms with Crippen LogP contribution >= 0.6 is 0 Å². The molecule has 1 atom stereocenters. The quantitative estimate of drug-likeness (QED) is 0.736. The number of likely N-dealkylation sites (N-methyl/N-ethyl adjacent to an activating group) is 1. The highest BCUT2D eigenvalue weighted by atomic mass is 19.1. The summed E-state index contributed by atoms with van der Waals surface area (Å²) in [6.07, 6.45) is -0.0586. The van der Waals surface area contributed by atoms with E-state index in [9.17, 15) is 18.4 Å². The number of likely N-dealkylation sites (tertiary alicyclic amines) is 1. The summed E-state index contributed by atoms with van der Waals surface area (Å²) in [5, 5.41) is 6.15. The molecule has 10 heteroatoms. The van der Waals surface area contributed by atoms with E-state index in [0.717, 1.165) is 6.07 Å². The number of hydrogen-bond acceptors (Lipinski definition) is 6. The summed E-state index contributed by atoms with van der Waals surface area (Å²) in [5.41, 5.74) is 1.57. The molecule has 2 aromatic rings. The van der Waals surface area contributed by atoms with Gasteiger partial charge >= 0.3 is 0 Å². The standard InChI is InChI=1S/C22H26F2N6O2/c1-11(2)19-21(32)27-18-12(3)25-22(28-20(18)29(19)4)26-16-9-30(10-16)17(31)7-13-5-14(23)8-15(24)6-13/h5-6,8,11,16,19H,7,9-10H2,1-4H3,(H,27,32)(H,25,26,28)/t19-/m0/s1. The largest absolute Gasteiger partial charge is 0.348 e. The number of aromatic nitrogens is 2. The van der Waals surface area contributed by atoms with Gasteiger partial charge in [0.25, 0.3) is 0 Å². The predicted molar refractivity (Wildman–Crippen MR) is 116 cm³/mol. The van der Waals surface area contributed by atoms with Gasteiger partial charge in [-0.15, -0.1) is 0 Å². The smallest absolute Gasteiger partial charge is 0.247 e. The zero-order valence-corrected chi connectivity index (χ0v) is 18.4. The van der Waals surface area contributed by atoms with Gasteiger partial charge in [-0.2, -0.15) is 4.98 Å². The third-order valence-corrected chi connectivity index (χ3v) is 5.82. The third kappa shape index (κ3) is 4.21. The van der Waals surface area contributed by atoms with Gasteiger partial charge in [-0.05, 0) is 30.5 Å². The number of nitrogens with one attached hydrogen (secondary N) is 2. The summed E-state index contributed by atoms with van der Waals surface area (Å²) in [7, 11) is 1.84. The van der Waals surface area contributed by atoms with Gasteiger partial charge in [0.1, 0.15) is 23.4 Å². The molecule has 4 rings (SSSR count). The number of anilines is 3. The van der Waals surface area contributed by atoms with E-state index in [1.54, 1.807) is 4.90 Å². The molecule has 2 N–H and O–H groups in total. The molecule has 1 aromatic carbocycles. The summed E-state index contributed by atoms with van der Waals surface area (Å²) in [5.74, 6) is -0.479. The Morgan fingerprint density at radius 3 is 2.50 bits per heavy atom. The average Bonchev–Trinajstić information content (AvgIpc) is 2.64. The van der Waals surface area contributed by atoms with Gasteiger partial charge in [-0.25, -0.2) is 13.8 Å². The Kier molecular flexibility index (Phi) is 5.70. The number of carbonyl (C=O) groups is 2. The Morgan fingerprint density at radius 2 is 1.88 bits per heavy atom. The number of amides is 2. The molecule has 0 spiro atoms. The molecule has 0 unspecified atom stereocenters. The van der Waals surface area contributed by atoms with Crippen molar-refractivity contribution in [3.05, 3.63) is 41.1 Å². The molecule has 0 saturated carbocycles. The summed E-state index contributed by atoms with van der Waals surface area (Å²) >= 11 is 0. The Hall–Kier alpha value is -3.30. The highest BCUT2D eigenvalue weighted by molar-refractivity contribution is 6.03. The van der Waals surface area contributed by atoms with Crippen LogP contribution in [0.4, 0.5) is 26.2 Å². The SMILES string of the molecule is Cc1nc(NC2CN(C(=O)Cc3cc(F)cc(F)c3)C2)nc2c1NC(=O)[C@H](C(C)C)N2C. The normalized spacial score (nSPS) is 18.3. The van der Waals surface area contributed by atoms with Gasteiger partial charge < -0.3 is 20.4 Å². The van der Waals surface area contributed by atoms with Gasteiger partial charge in [0.05, 0.1) is 18.2 Å². The maximum atomic E-state index is 13.3. The molecular formula is C22H26F2N6O2. The number of fused-ring (bicyclic) bond motifs is 1. The van der Waals surface area contributed by atoms with Crippen molar-refractivity contribution in [1.29, 1.82) is 0 Å². The first-order chi connectivity index (χ1) is 15.1. The monoisotopic (exact) mass is 444 g/mol. The first kappa shape index (κ1) is 21.9. The second kappa shape index (κ2) is 8.33. The number of carbonyl (C=O) groups excluding carboxylic acids is 2. The lowest BCUT2D eigenvalue weighted by atomic mass is 9.99. The van der Waals surface area contributed by atoms with Crippen LogP contribution in [-0.4, -0.2) is 58.9 Å². The molecule has 2 amide bonds. The van der Waals surface area contributed by atoms with Crippen LogP contribution in [0.25, 0.3) is 0 Å². The Morgan fingerprint density at radius 1 is 1.22 bits per heavy atom. The molecule has 2 aliphatic rings. The van der Waals surface area contributed by atoms with Crippen molar-refractivity contribution in [2.45, 2.75) is 39.3 Å². The van der Waals surface area contributed by atoms with E-state index in [0.29, 0.717) is 41.8 Å². The molecule has 0 bridgehead atoms.